The highest BCUT2D eigenvalue weighted by Gasteiger charge is 2.38. The summed E-state index contributed by atoms with van der Waals surface area (Å²) < 4.78 is 18.7. The van der Waals surface area contributed by atoms with Crippen molar-refractivity contribution < 1.29 is 28.8 Å². The second-order valence-electron chi connectivity index (χ2n) is 4.54. The van der Waals surface area contributed by atoms with E-state index in [-0.39, 0.29) is 23.8 Å². The Labute approximate surface area is 124 Å². The highest BCUT2D eigenvalue weighted by Crippen LogP contribution is 2.31. The number of benzene rings is 1. The summed E-state index contributed by atoms with van der Waals surface area (Å²) in [6.07, 6.45) is 1.93. The van der Waals surface area contributed by atoms with Crippen molar-refractivity contribution in [3.8, 4) is 5.75 Å². The normalized spacial score (nSPS) is 16.9. The summed E-state index contributed by atoms with van der Waals surface area (Å²) in [6, 6.07) is 2.42. The molecule has 6 nitrogen and oxygen atoms in total. The number of carboxylic acids is 1. The summed E-state index contributed by atoms with van der Waals surface area (Å²) in [5, 5.41) is 21.5. The van der Waals surface area contributed by atoms with Crippen molar-refractivity contribution in [2.24, 2.45) is 0 Å². The molecule has 2 rings (SSSR count). The summed E-state index contributed by atoms with van der Waals surface area (Å²) in [7, 11) is -1.43. The van der Waals surface area contributed by atoms with Crippen LogP contribution in [0.5, 0.6) is 5.75 Å². The number of carbonyl (C=O) groups excluding carboxylic acids is 1. The molecule has 0 spiro atoms. The lowest BCUT2D eigenvalue weighted by atomic mass is 9.72. The van der Waals surface area contributed by atoms with Crippen LogP contribution >= 0.6 is 11.8 Å². The number of thioether (sulfide) groups is 1. The lowest BCUT2D eigenvalue weighted by molar-refractivity contribution is -0.118. The average molecular weight is 313 g/mol. The first-order valence-corrected chi connectivity index (χ1v) is 7.51. The van der Waals surface area contributed by atoms with Gasteiger partial charge in [0, 0.05) is 0 Å². The van der Waals surface area contributed by atoms with Crippen LogP contribution in [0.25, 0.3) is 0 Å². The molecule has 0 unspecified atom stereocenters. The SMILES string of the molecule is CSCC(=O)N[C@H]1Cc2ccc(F)c(C(=O)O)c2OB1O. The summed E-state index contributed by atoms with van der Waals surface area (Å²) in [6.45, 7) is 0. The standard InChI is InChI=1S/C12H13BFNO5S/c1-21-5-9(16)15-8-4-6-2-3-7(14)10(12(17)18)11(6)20-13(8)19/h2-3,8,19H,4-5H2,1H3,(H,15,16)(H,17,18)/t8-/m0/s1. The van der Waals surface area contributed by atoms with Gasteiger partial charge in [0.15, 0.2) is 0 Å². The second-order valence-corrected chi connectivity index (χ2v) is 5.40. The Morgan fingerprint density at radius 1 is 1.57 bits per heavy atom. The van der Waals surface area contributed by atoms with Gasteiger partial charge in [-0.2, -0.15) is 11.8 Å². The van der Waals surface area contributed by atoms with E-state index in [2.05, 4.69) is 5.32 Å². The fourth-order valence-corrected chi connectivity index (χ4v) is 2.48. The van der Waals surface area contributed by atoms with Crippen LogP contribution in [-0.4, -0.2) is 47.1 Å². The largest absolute Gasteiger partial charge is 0.547 e. The van der Waals surface area contributed by atoms with Crippen LogP contribution in [0.1, 0.15) is 15.9 Å². The van der Waals surface area contributed by atoms with E-state index in [4.69, 9.17) is 9.76 Å². The molecule has 0 saturated carbocycles. The maximum atomic E-state index is 13.5. The van der Waals surface area contributed by atoms with Crippen LogP contribution in [0.15, 0.2) is 12.1 Å². The minimum Gasteiger partial charge on any atom is -0.534 e. The second kappa shape index (κ2) is 6.36. The summed E-state index contributed by atoms with van der Waals surface area (Å²) >= 11 is 1.33. The number of rotatable bonds is 4. The van der Waals surface area contributed by atoms with E-state index >= 15 is 0 Å². The van der Waals surface area contributed by atoms with Crippen LogP contribution in [0, 0.1) is 5.82 Å². The number of nitrogens with one attached hydrogen (secondary N) is 1. The third-order valence-corrected chi connectivity index (χ3v) is 3.60. The fourth-order valence-electron chi connectivity index (χ4n) is 2.14. The minimum absolute atomic E-state index is 0.164. The van der Waals surface area contributed by atoms with Crippen molar-refractivity contribution in [2.45, 2.75) is 12.4 Å². The van der Waals surface area contributed by atoms with Gasteiger partial charge < -0.3 is 20.1 Å². The number of amides is 1. The van der Waals surface area contributed by atoms with Crippen molar-refractivity contribution in [2.75, 3.05) is 12.0 Å². The number of carbonyl (C=O) groups is 2. The molecule has 1 atom stereocenters. The van der Waals surface area contributed by atoms with Gasteiger partial charge in [-0.05, 0) is 24.3 Å². The monoisotopic (exact) mass is 313 g/mol. The highest BCUT2D eigenvalue weighted by molar-refractivity contribution is 7.99. The molecular weight excluding hydrogens is 300 g/mol. The number of aromatic carboxylic acids is 1. The molecule has 1 aromatic rings. The molecule has 3 N–H and O–H groups in total. The van der Waals surface area contributed by atoms with Crippen molar-refractivity contribution in [1.82, 2.24) is 5.32 Å². The van der Waals surface area contributed by atoms with Crippen molar-refractivity contribution >= 4 is 30.8 Å². The summed E-state index contributed by atoms with van der Waals surface area (Å²) in [4.78, 5) is 22.6. The van der Waals surface area contributed by atoms with E-state index in [0.29, 0.717) is 5.56 Å². The highest BCUT2D eigenvalue weighted by atomic mass is 32.2. The first-order valence-electron chi connectivity index (χ1n) is 6.11. The van der Waals surface area contributed by atoms with Crippen molar-refractivity contribution in [3.05, 3.63) is 29.1 Å². The quantitative estimate of drug-likeness (QED) is 0.693. The van der Waals surface area contributed by atoms with Crippen LogP contribution in [-0.2, 0) is 11.2 Å². The Balaban J connectivity index is 2.26. The van der Waals surface area contributed by atoms with Crippen molar-refractivity contribution in [1.29, 1.82) is 0 Å². The molecule has 1 heterocycles. The average Bonchev–Trinajstić information content (AvgIpc) is 2.39. The molecule has 0 saturated heterocycles. The first kappa shape index (κ1) is 15.6. The van der Waals surface area contributed by atoms with Crippen LogP contribution < -0.4 is 9.97 Å². The van der Waals surface area contributed by atoms with E-state index in [1.54, 1.807) is 6.26 Å². The molecule has 1 aromatic carbocycles. The Morgan fingerprint density at radius 3 is 2.90 bits per heavy atom. The maximum Gasteiger partial charge on any atom is 0.547 e. The van der Waals surface area contributed by atoms with Crippen LogP contribution in [0.2, 0.25) is 0 Å². The number of halogens is 1. The number of carboxylic acid groups (broad SMARTS) is 1. The zero-order valence-electron chi connectivity index (χ0n) is 11.1. The van der Waals surface area contributed by atoms with E-state index < -0.39 is 30.4 Å². The van der Waals surface area contributed by atoms with Crippen molar-refractivity contribution in [3.63, 3.8) is 0 Å². The number of hydrogen-bond acceptors (Lipinski definition) is 5. The number of hydrogen-bond donors (Lipinski definition) is 3. The molecule has 0 bridgehead atoms. The molecule has 9 heteroatoms. The lowest BCUT2D eigenvalue weighted by Gasteiger charge is -2.29. The van der Waals surface area contributed by atoms with Gasteiger partial charge in [-0.15, -0.1) is 0 Å². The molecule has 112 valence electrons. The zero-order valence-corrected chi connectivity index (χ0v) is 11.9. The lowest BCUT2D eigenvalue weighted by Crippen LogP contribution is -2.53. The molecule has 1 aliphatic rings. The number of fused-ring (bicyclic) bond motifs is 1. The summed E-state index contributed by atoms with van der Waals surface area (Å²) in [5.41, 5.74) is -0.186. The minimum atomic E-state index is -1.47. The third kappa shape index (κ3) is 3.30. The van der Waals surface area contributed by atoms with E-state index in [9.17, 15) is 19.0 Å². The molecule has 21 heavy (non-hydrogen) atoms. The predicted molar refractivity (Wildman–Crippen MR) is 76.0 cm³/mol. The van der Waals surface area contributed by atoms with Crippen LogP contribution in [0.4, 0.5) is 4.39 Å². The van der Waals surface area contributed by atoms with Gasteiger partial charge >= 0.3 is 13.1 Å². The van der Waals surface area contributed by atoms with E-state index in [1.807, 2.05) is 0 Å². The molecule has 0 aromatic heterocycles. The van der Waals surface area contributed by atoms with E-state index in [1.165, 1.54) is 17.8 Å². The topological polar surface area (TPSA) is 95.9 Å². The van der Waals surface area contributed by atoms with Gasteiger partial charge in [0.05, 0.1) is 11.7 Å². The Bertz CT molecular complexity index is 585. The molecule has 0 radical (unpaired) electrons. The Hall–Kier alpha value is -1.74. The van der Waals surface area contributed by atoms with Gasteiger partial charge in [-0.3, -0.25) is 4.79 Å². The fraction of sp³-hybridized carbons (Fsp3) is 0.333. The Kier molecular flexibility index (Phi) is 4.74. The summed E-state index contributed by atoms with van der Waals surface area (Å²) in [5.74, 6) is -3.33. The Morgan fingerprint density at radius 2 is 2.29 bits per heavy atom. The van der Waals surface area contributed by atoms with Gasteiger partial charge in [0.1, 0.15) is 17.1 Å². The van der Waals surface area contributed by atoms with Crippen LogP contribution in [0.3, 0.4) is 0 Å². The maximum absolute atomic E-state index is 13.5. The molecule has 1 amide bonds. The van der Waals surface area contributed by atoms with Gasteiger partial charge in [0.2, 0.25) is 5.91 Å². The zero-order chi connectivity index (χ0) is 15.6. The molecule has 0 fully saturated rings. The smallest absolute Gasteiger partial charge is 0.534 e. The third-order valence-electron chi connectivity index (χ3n) is 3.05. The van der Waals surface area contributed by atoms with Gasteiger partial charge in [-0.25, -0.2) is 9.18 Å². The van der Waals surface area contributed by atoms with Gasteiger partial charge in [0.25, 0.3) is 0 Å². The molecule has 0 aliphatic carbocycles. The predicted octanol–water partition coefficient (Wildman–Crippen LogP) is 0.326. The van der Waals surface area contributed by atoms with E-state index in [0.717, 1.165) is 6.07 Å². The molecule has 1 aliphatic heterocycles. The first-order chi connectivity index (χ1) is 9.93. The van der Waals surface area contributed by atoms with Gasteiger partial charge in [-0.1, -0.05) is 6.07 Å². The molecular formula is C12H13BFNO5S.